The number of hydrogen-bond donors (Lipinski definition) is 0. The van der Waals surface area contributed by atoms with Crippen molar-refractivity contribution in [2.75, 3.05) is 18.1 Å². The summed E-state index contributed by atoms with van der Waals surface area (Å²) in [5, 5.41) is 0. The number of ether oxygens (including phenoxy) is 2. The van der Waals surface area contributed by atoms with E-state index in [0.717, 1.165) is 29.9 Å². The van der Waals surface area contributed by atoms with Gasteiger partial charge in [-0.1, -0.05) is 18.2 Å². The highest BCUT2D eigenvalue weighted by atomic mass is 127. The molecule has 2 heterocycles. The summed E-state index contributed by atoms with van der Waals surface area (Å²) in [6.45, 7) is 8.92. The van der Waals surface area contributed by atoms with E-state index in [1.807, 2.05) is 26.8 Å². The van der Waals surface area contributed by atoms with Gasteiger partial charge >= 0.3 is 6.09 Å². The van der Waals surface area contributed by atoms with Crippen molar-refractivity contribution >= 4 is 34.5 Å². The van der Waals surface area contributed by atoms with Gasteiger partial charge in [-0.3, -0.25) is 4.90 Å². The van der Waals surface area contributed by atoms with E-state index in [-0.39, 0.29) is 12.2 Å². The average molecular weight is 508 g/mol. The van der Waals surface area contributed by atoms with Crippen LogP contribution in [0.15, 0.2) is 36.4 Å². The molecule has 1 amide bonds. The summed E-state index contributed by atoms with van der Waals surface area (Å²) in [6, 6.07) is 12.5. The molecule has 0 saturated heterocycles. The molecular weight excluding hydrogens is 479 g/mol. The van der Waals surface area contributed by atoms with Crippen LogP contribution in [-0.2, 0) is 22.3 Å². The lowest BCUT2D eigenvalue weighted by Crippen LogP contribution is -2.40. The lowest BCUT2D eigenvalue weighted by atomic mass is 10.1. The van der Waals surface area contributed by atoms with E-state index in [9.17, 15) is 4.79 Å². The first-order valence-corrected chi connectivity index (χ1v) is 11.2. The van der Waals surface area contributed by atoms with Gasteiger partial charge in [-0.2, -0.15) is 0 Å². The van der Waals surface area contributed by atoms with Gasteiger partial charge in [-0.05, 0) is 92.5 Å². The number of halogens is 1. The van der Waals surface area contributed by atoms with Gasteiger partial charge in [0.2, 0.25) is 0 Å². The SMILES string of the molecule is CC(OCCc1ccc2c(n1)N(C(=O)OC(C)(C)C)CCC2)c1ccc(I)cc1. The van der Waals surface area contributed by atoms with Crippen LogP contribution >= 0.6 is 22.6 Å². The molecule has 1 aromatic heterocycles. The molecule has 1 aromatic carbocycles. The number of anilines is 1. The summed E-state index contributed by atoms with van der Waals surface area (Å²) >= 11 is 2.30. The van der Waals surface area contributed by atoms with Crippen LogP contribution in [0.5, 0.6) is 0 Å². The molecule has 1 aliphatic rings. The fraction of sp³-hybridized carbons (Fsp3) is 0.478. The minimum atomic E-state index is -0.522. The van der Waals surface area contributed by atoms with Crippen LogP contribution in [0.2, 0.25) is 0 Å². The number of amides is 1. The number of carbonyl (C=O) groups excluding carboxylic acids is 1. The Morgan fingerprint density at radius 3 is 2.62 bits per heavy atom. The molecular formula is C23H29IN2O3. The maximum Gasteiger partial charge on any atom is 0.416 e. The molecule has 1 aliphatic heterocycles. The highest BCUT2D eigenvalue weighted by molar-refractivity contribution is 14.1. The maximum absolute atomic E-state index is 12.6. The van der Waals surface area contributed by atoms with Crippen LogP contribution in [-0.4, -0.2) is 29.8 Å². The number of aryl methyl sites for hydroxylation is 1. The predicted molar refractivity (Wildman–Crippen MR) is 123 cm³/mol. The zero-order chi connectivity index (χ0) is 21.0. The van der Waals surface area contributed by atoms with Gasteiger partial charge in [-0.25, -0.2) is 9.78 Å². The lowest BCUT2D eigenvalue weighted by Gasteiger charge is -2.31. The zero-order valence-corrected chi connectivity index (χ0v) is 19.7. The molecule has 156 valence electrons. The van der Waals surface area contributed by atoms with E-state index in [0.29, 0.717) is 19.6 Å². The molecule has 0 aliphatic carbocycles. The van der Waals surface area contributed by atoms with Crippen LogP contribution in [0.3, 0.4) is 0 Å². The Bertz CT molecular complexity index is 846. The third kappa shape index (κ3) is 6.15. The maximum atomic E-state index is 12.6. The Labute approximate surface area is 186 Å². The summed E-state index contributed by atoms with van der Waals surface area (Å²) in [4.78, 5) is 19.1. The van der Waals surface area contributed by atoms with Gasteiger partial charge < -0.3 is 9.47 Å². The molecule has 2 aromatic rings. The van der Waals surface area contributed by atoms with Crippen molar-refractivity contribution in [2.45, 2.75) is 58.7 Å². The van der Waals surface area contributed by atoms with Gasteiger partial charge in [0, 0.05) is 22.2 Å². The Hall–Kier alpha value is -1.67. The number of hydrogen-bond acceptors (Lipinski definition) is 4. The van der Waals surface area contributed by atoms with Crippen molar-refractivity contribution in [1.29, 1.82) is 0 Å². The fourth-order valence-electron chi connectivity index (χ4n) is 3.28. The second-order valence-electron chi connectivity index (χ2n) is 8.34. The smallest absolute Gasteiger partial charge is 0.416 e. The third-order valence-electron chi connectivity index (χ3n) is 4.78. The summed E-state index contributed by atoms with van der Waals surface area (Å²) in [7, 11) is 0. The van der Waals surface area contributed by atoms with Gasteiger partial charge in [-0.15, -0.1) is 0 Å². The molecule has 5 nitrogen and oxygen atoms in total. The zero-order valence-electron chi connectivity index (χ0n) is 17.6. The lowest BCUT2D eigenvalue weighted by molar-refractivity contribution is 0.0576. The predicted octanol–water partition coefficient (Wildman–Crippen LogP) is 5.69. The number of rotatable bonds is 5. The molecule has 0 fully saturated rings. The van der Waals surface area contributed by atoms with E-state index in [4.69, 9.17) is 14.5 Å². The molecule has 1 atom stereocenters. The van der Waals surface area contributed by atoms with Gasteiger partial charge in [0.1, 0.15) is 11.4 Å². The summed E-state index contributed by atoms with van der Waals surface area (Å²) < 4.78 is 12.8. The van der Waals surface area contributed by atoms with Crippen LogP contribution in [0.25, 0.3) is 0 Å². The molecule has 0 radical (unpaired) electrons. The number of fused-ring (bicyclic) bond motifs is 1. The van der Waals surface area contributed by atoms with Crippen molar-refractivity contribution in [3.63, 3.8) is 0 Å². The van der Waals surface area contributed by atoms with Crippen LogP contribution in [0, 0.1) is 3.57 Å². The Balaban J connectivity index is 1.63. The van der Waals surface area contributed by atoms with Crippen molar-refractivity contribution in [2.24, 2.45) is 0 Å². The molecule has 0 saturated carbocycles. The van der Waals surface area contributed by atoms with Crippen molar-refractivity contribution in [1.82, 2.24) is 4.98 Å². The molecule has 29 heavy (non-hydrogen) atoms. The summed E-state index contributed by atoms with van der Waals surface area (Å²) in [6.07, 6.45) is 2.26. The number of carbonyl (C=O) groups is 1. The normalized spacial score (nSPS) is 15.0. The molecule has 0 spiro atoms. The fourth-order valence-corrected chi connectivity index (χ4v) is 3.64. The van der Waals surface area contributed by atoms with Crippen molar-refractivity contribution < 1.29 is 14.3 Å². The van der Waals surface area contributed by atoms with E-state index in [1.165, 1.54) is 9.13 Å². The topological polar surface area (TPSA) is 51.7 Å². The quantitative estimate of drug-likeness (QED) is 0.487. The van der Waals surface area contributed by atoms with Gasteiger partial charge in [0.15, 0.2) is 0 Å². The summed E-state index contributed by atoms with van der Waals surface area (Å²) in [5.74, 6) is 0.730. The van der Waals surface area contributed by atoms with E-state index in [2.05, 4.69) is 59.8 Å². The number of pyridine rings is 1. The first kappa shape index (κ1) is 22.0. The second-order valence-corrected chi connectivity index (χ2v) is 9.58. The van der Waals surface area contributed by atoms with Gasteiger partial charge in [0.25, 0.3) is 0 Å². The van der Waals surface area contributed by atoms with Gasteiger partial charge in [0.05, 0.1) is 12.7 Å². The Morgan fingerprint density at radius 1 is 1.21 bits per heavy atom. The molecule has 3 rings (SSSR count). The van der Waals surface area contributed by atoms with Crippen LogP contribution in [0.4, 0.5) is 10.6 Å². The highest BCUT2D eigenvalue weighted by Crippen LogP contribution is 2.27. The van der Waals surface area contributed by atoms with Crippen LogP contribution < -0.4 is 4.90 Å². The first-order chi connectivity index (χ1) is 13.7. The molecule has 0 bridgehead atoms. The monoisotopic (exact) mass is 508 g/mol. The number of benzene rings is 1. The molecule has 6 heteroatoms. The first-order valence-electron chi connectivity index (χ1n) is 10.1. The highest BCUT2D eigenvalue weighted by Gasteiger charge is 2.28. The van der Waals surface area contributed by atoms with E-state index < -0.39 is 5.60 Å². The Morgan fingerprint density at radius 2 is 1.93 bits per heavy atom. The third-order valence-corrected chi connectivity index (χ3v) is 5.50. The minimum Gasteiger partial charge on any atom is -0.443 e. The second kappa shape index (κ2) is 9.43. The average Bonchev–Trinajstić information content (AvgIpc) is 2.66. The molecule has 1 unspecified atom stereocenters. The largest absolute Gasteiger partial charge is 0.443 e. The van der Waals surface area contributed by atoms with Crippen molar-refractivity contribution in [3.05, 3.63) is 56.8 Å². The standard InChI is InChI=1S/C23H29IN2O3/c1-16(17-7-10-19(24)11-8-17)28-15-13-20-12-9-18-6-5-14-26(21(18)25-20)22(27)29-23(2,3)4/h7-12,16H,5-6,13-15H2,1-4H3. The van der Waals surface area contributed by atoms with Crippen molar-refractivity contribution in [3.8, 4) is 0 Å². The Kier molecular flexibility index (Phi) is 7.16. The van der Waals surface area contributed by atoms with E-state index >= 15 is 0 Å². The number of nitrogens with zero attached hydrogens (tertiary/aromatic N) is 2. The van der Waals surface area contributed by atoms with Crippen LogP contribution in [0.1, 0.15) is 57.0 Å². The number of aromatic nitrogens is 1. The molecule has 0 N–H and O–H groups in total. The summed E-state index contributed by atoms with van der Waals surface area (Å²) in [5.41, 5.74) is 2.67. The minimum absolute atomic E-state index is 0.0305. The van der Waals surface area contributed by atoms with E-state index in [1.54, 1.807) is 4.90 Å².